The quantitative estimate of drug-likeness (QED) is 0.0524. The highest BCUT2D eigenvalue weighted by atomic mass is 32.1. The molecular weight excluding hydrogens is 869 g/mol. The van der Waals surface area contributed by atoms with Crippen molar-refractivity contribution < 1.29 is 9.90 Å². The van der Waals surface area contributed by atoms with Gasteiger partial charge in [0.2, 0.25) is 0 Å². The molecule has 1 aliphatic carbocycles. The van der Waals surface area contributed by atoms with E-state index in [4.69, 9.17) is 8.75 Å². The Morgan fingerprint density at radius 3 is 1.64 bits per heavy atom. The van der Waals surface area contributed by atoms with Gasteiger partial charge in [-0.15, -0.1) is 22.7 Å². The first-order chi connectivity index (χ1) is 32.2. The summed E-state index contributed by atoms with van der Waals surface area (Å²) in [6.45, 7) is 8.82. The summed E-state index contributed by atoms with van der Waals surface area (Å²) in [5.74, 6) is -1.22. The van der Waals surface area contributed by atoms with Crippen molar-refractivity contribution in [3.05, 3.63) is 153 Å². The number of carboxylic acids is 1. The number of hydrogen-bond donors (Lipinski definition) is 1. The lowest BCUT2D eigenvalue weighted by atomic mass is 9.77. The molecule has 0 atom stereocenters. The molecule has 0 amide bonds. The number of fused-ring (bicyclic) bond motifs is 4. The molecule has 0 aliphatic heterocycles. The maximum atomic E-state index is 11.5. The Hall–Kier alpha value is -6.18. The van der Waals surface area contributed by atoms with E-state index in [9.17, 15) is 15.2 Å². The standard InChI is InChI=1S/C57H54N4O2S3/c1-5-7-9-11-31-57(32-12-10-8-6-2)54-48(34-50(64-54)41-19-17-39(18-20-41)33-42(36-58)56(62)63)49-35-51(65-55(49)57)47-30-29-46(52-53(47)60-66-59-52)40-21-27-45(28-22-40)61(43-23-13-37(3)14-24-43)44-25-15-38(4)16-26-44/h13-30,33-35H,5-12,31-32H2,1-4H3,(H,62,63)/b42-33+. The van der Waals surface area contributed by atoms with Gasteiger partial charge in [-0.25, -0.2) is 4.79 Å². The first-order valence-electron chi connectivity index (χ1n) is 23.3. The second-order valence-electron chi connectivity index (χ2n) is 17.7. The predicted octanol–water partition coefficient (Wildman–Crippen LogP) is 17.1. The summed E-state index contributed by atoms with van der Waals surface area (Å²) < 4.78 is 9.93. The van der Waals surface area contributed by atoms with Gasteiger partial charge in [-0.05, 0) is 109 Å². The smallest absolute Gasteiger partial charge is 0.346 e. The summed E-state index contributed by atoms with van der Waals surface area (Å²) in [5, 5.41) is 18.8. The average molecular weight is 923 g/mol. The van der Waals surface area contributed by atoms with Gasteiger partial charge in [0.05, 0.1) is 11.7 Å². The van der Waals surface area contributed by atoms with Crippen LogP contribution < -0.4 is 4.90 Å². The zero-order chi connectivity index (χ0) is 45.8. The van der Waals surface area contributed by atoms with E-state index in [-0.39, 0.29) is 11.0 Å². The van der Waals surface area contributed by atoms with Crippen LogP contribution >= 0.6 is 34.4 Å². The van der Waals surface area contributed by atoms with E-state index in [1.165, 1.54) is 111 Å². The van der Waals surface area contributed by atoms with E-state index in [1.54, 1.807) is 6.07 Å². The lowest BCUT2D eigenvalue weighted by Crippen LogP contribution is -2.23. The minimum absolute atomic E-state index is 0.0595. The van der Waals surface area contributed by atoms with Crippen LogP contribution in [0.3, 0.4) is 0 Å². The number of nitrogens with zero attached hydrogens (tertiary/aromatic N) is 4. The van der Waals surface area contributed by atoms with Gasteiger partial charge in [-0.3, -0.25) is 0 Å². The largest absolute Gasteiger partial charge is 0.477 e. The minimum atomic E-state index is -1.22. The van der Waals surface area contributed by atoms with E-state index in [2.05, 4.69) is 142 Å². The summed E-state index contributed by atoms with van der Waals surface area (Å²) in [6.07, 6.45) is 13.4. The highest BCUT2D eigenvalue weighted by molar-refractivity contribution is 7.18. The van der Waals surface area contributed by atoms with Gasteiger partial charge in [0.25, 0.3) is 0 Å². The topological polar surface area (TPSA) is 90.1 Å². The van der Waals surface area contributed by atoms with Crippen LogP contribution in [0, 0.1) is 25.2 Å². The molecule has 9 rings (SSSR count). The summed E-state index contributed by atoms with van der Waals surface area (Å²) in [7, 11) is 0. The van der Waals surface area contributed by atoms with E-state index >= 15 is 0 Å². The zero-order valence-corrected chi connectivity index (χ0v) is 40.5. The summed E-state index contributed by atoms with van der Waals surface area (Å²) in [5.41, 5.74) is 15.1. The Morgan fingerprint density at radius 1 is 0.621 bits per heavy atom. The van der Waals surface area contributed by atoms with Crippen molar-refractivity contribution in [1.29, 1.82) is 5.26 Å². The van der Waals surface area contributed by atoms with Gasteiger partial charge < -0.3 is 10.0 Å². The Balaban J connectivity index is 1.09. The third-order valence-corrected chi connectivity index (χ3v) is 16.4. The average Bonchev–Trinajstić information content (AvgIpc) is 4.14. The molecule has 1 N–H and O–H groups in total. The third kappa shape index (κ3) is 8.90. The normalized spacial score (nSPS) is 12.9. The van der Waals surface area contributed by atoms with Gasteiger partial charge in [0.15, 0.2) is 0 Å². The van der Waals surface area contributed by atoms with Crippen LogP contribution in [0.5, 0.6) is 0 Å². The summed E-state index contributed by atoms with van der Waals surface area (Å²) in [6, 6.07) is 45.3. The maximum absolute atomic E-state index is 11.5. The molecule has 0 unspecified atom stereocenters. The van der Waals surface area contributed by atoms with E-state index in [0.717, 1.165) is 63.2 Å². The number of carbonyl (C=O) groups is 1. The van der Waals surface area contributed by atoms with Crippen LogP contribution in [0.4, 0.5) is 17.1 Å². The SMILES string of the molecule is CCCCCCC1(CCCCCC)c2sc(-c3ccc(/C=C(\C#N)C(=O)O)cc3)cc2-c2cc(-c3ccc(-c4ccc(N(c5ccc(C)cc5)c5ccc(C)cc5)cc4)c4nsnc34)sc21. The van der Waals surface area contributed by atoms with Crippen LogP contribution in [0.1, 0.15) is 105 Å². The predicted molar refractivity (Wildman–Crippen MR) is 279 cm³/mol. The van der Waals surface area contributed by atoms with Crippen molar-refractivity contribution in [2.24, 2.45) is 0 Å². The first kappa shape index (κ1) is 45.0. The molecule has 332 valence electrons. The van der Waals surface area contributed by atoms with E-state index < -0.39 is 5.97 Å². The summed E-state index contributed by atoms with van der Waals surface area (Å²) >= 11 is 5.17. The van der Waals surface area contributed by atoms with Crippen LogP contribution in [-0.4, -0.2) is 19.8 Å². The number of aryl methyl sites for hydroxylation is 2. The van der Waals surface area contributed by atoms with Crippen LogP contribution in [0.2, 0.25) is 0 Å². The third-order valence-electron chi connectivity index (χ3n) is 13.1. The van der Waals surface area contributed by atoms with Crippen LogP contribution in [-0.2, 0) is 10.2 Å². The molecule has 0 spiro atoms. The molecule has 66 heavy (non-hydrogen) atoms. The Morgan fingerprint density at radius 2 is 1.11 bits per heavy atom. The maximum Gasteiger partial charge on any atom is 0.346 e. The van der Waals surface area contributed by atoms with Gasteiger partial charge in [-0.1, -0.05) is 149 Å². The monoisotopic (exact) mass is 922 g/mol. The number of rotatable bonds is 18. The van der Waals surface area contributed by atoms with E-state index in [1.807, 2.05) is 34.8 Å². The van der Waals surface area contributed by atoms with Crippen molar-refractivity contribution in [2.75, 3.05) is 4.90 Å². The number of anilines is 3. The molecule has 0 radical (unpaired) electrons. The molecule has 0 saturated heterocycles. The molecule has 0 fully saturated rings. The Bertz CT molecular complexity index is 3000. The van der Waals surface area contributed by atoms with Crippen molar-refractivity contribution in [3.63, 3.8) is 0 Å². The molecule has 8 aromatic rings. The number of benzene rings is 5. The second-order valence-corrected chi connectivity index (χ2v) is 20.3. The summed E-state index contributed by atoms with van der Waals surface area (Å²) in [4.78, 5) is 19.3. The number of hydrogen-bond acceptors (Lipinski definition) is 8. The minimum Gasteiger partial charge on any atom is -0.477 e. The number of unbranched alkanes of at least 4 members (excludes halogenated alkanes) is 6. The van der Waals surface area contributed by atoms with Crippen LogP contribution in [0.25, 0.3) is 60.2 Å². The highest BCUT2D eigenvalue weighted by Crippen LogP contribution is 2.62. The first-order valence-corrected chi connectivity index (χ1v) is 25.6. The Labute approximate surface area is 400 Å². The van der Waals surface area contributed by atoms with Crippen molar-refractivity contribution in [3.8, 4) is 49.2 Å². The number of thiophene rings is 2. The molecule has 3 aromatic heterocycles. The van der Waals surface area contributed by atoms with Gasteiger partial charge in [0, 0.05) is 53.1 Å². The Kier molecular flexibility index (Phi) is 13.5. The molecule has 6 nitrogen and oxygen atoms in total. The van der Waals surface area contributed by atoms with Crippen molar-refractivity contribution >= 4 is 74.5 Å². The van der Waals surface area contributed by atoms with Gasteiger partial charge >= 0.3 is 5.97 Å². The molecule has 0 bridgehead atoms. The number of carboxylic acid groups (broad SMARTS) is 1. The molecule has 1 aliphatic rings. The van der Waals surface area contributed by atoms with Gasteiger partial charge in [0.1, 0.15) is 22.7 Å². The van der Waals surface area contributed by atoms with E-state index in [0.29, 0.717) is 5.56 Å². The fraction of sp³-hybridized carbons (Fsp3) is 0.263. The molecule has 0 saturated carbocycles. The second kappa shape index (κ2) is 19.7. The highest BCUT2D eigenvalue weighted by Gasteiger charge is 2.46. The fourth-order valence-corrected chi connectivity index (χ4v) is 13.1. The fourth-order valence-electron chi connectivity index (χ4n) is 9.53. The number of aromatic nitrogens is 2. The van der Waals surface area contributed by atoms with Crippen LogP contribution in [0.15, 0.2) is 127 Å². The number of nitriles is 1. The molecular formula is C57H54N4O2S3. The van der Waals surface area contributed by atoms with Gasteiger partial charge in [-0.2, -0.15) is 14.0 Å². The lowest BCUT2D eigenvalue weighted by molar-refractivity contribution is -0.132. The van der Waals surface area contributed by atoms with Crippen molar-refractivity contribution in [2.45, 2.75) is 97.3 Å². The molecule has 9 heteroatoms. The lowest BCUT2D eigenvalue weighted by Gasteiger charge is -2.30. The molecule has 3 heterocycles. The molecule has 5 aromatic carbocycles. The number of aliphatic carboxylic acids is 1. The zero-order valence-electron chi connectivity index (χ0n) is 38.1. The van der Waals surface area contributed by atoms with Crippen molar-refractivity contribution in [1.82, 2.24) is 8.75 Å².